The summed E-state index contributed by atoms with van der Waals surface area (Å²) in [6.45, 7) is 15.5. The van der Waals surface area contributed by atoms with Crippen molar-refractivity contribution in [2.24, 2.45) is 28.2 Å². The summed E-state index contributed by atoms with van der Waals surface area (Å²) in [5.74, 6) is 1.57. The minimum atomic E-state index is -0.354. The van der Waals surface area contributed by atoms with Gasteiger partial charge in [-0.05, 0) is 80.6 Å². The molecule has 1 heterocycles. The van der Waals surface area contributed by atoms with Gasteiger partial charge in [0.15, 0.2) is 0 Å². The molecule has 1 aliphatic heterocycles. The number of carbonyl (C=O) groups excluding carboxylic acids is 2. The molecule has 4 nitrogen and oxygen atoms in total. The molecule has 2 atom stereocenters. The molecule has 0 saturated heterocycles. The lowest BCUT2D eigenvalue weighted by Gasteiger charge is -2.48. The molecular formula is C27H42N2O2. The molecular weight excluding hydrogens is 384 g/mol. The molecule has 0 aromatic carbocycles. The maximum Gasteiger partial charge on any atom is 0.269 e. The first kappa shape index (κ1) is 23.9. The Morgan fingerprint density at radius 2 is 1.87 bits per heavy atom. The van der Waals surface area contributed by atoms with E-state index >= 15 is 0 Å². The maximum atomic E-state index is 13.4. The number of allylic oxidation sites excluding steroid dienone is 3. The number of amides is 1. The second kappa shape index (κ2) is 9.03. The minimum absolute atomic E-state index is 0.133. The zero-order chi connectivity index (χ0) is 23.0. The Morgan fingerprint density at radius 1 is 1.23 bits per heavy atom. The number of aldehydes is 1. The van der Waals surface area contributed by atoms with E-state index in [1.54, 1.807) is 0 Å². The van der Waals surface area contributed by atoms with Crippen LogP contribution in [0.5, 0.6) is 0 Å². The highest BCUT2D eigenvalue weighted by Crippen LogP contribution is 2.48. The molecule has 0 bridgehead atoms. The maximum absolute atomic E-state index is 13.4. The van der Waals surface area contributed by atoms with Crippen molar-refractivity contribution in [3.05, 3.63) is 23.3 Å². The summed E-state index contributed by atoms with van der Waals surface area (Å²) in [4.78, 5) is 31.9. The molecule has 0 aromatic heterocycles. The number of hydrogen-bond donors (Lipinski definition) is 0. The zero-order valence-corrected chi connectivity index (χ0v) is 20.7. The summed E-state index contributed by atoms with van der Waals surface area (Å²) in [7, 11) is 0. The molecule has 4 heteroatoms. The Labute approximate surface area is 189 Å². The molecule has 3 aliphatic rings. The number of nitrogens with zero attached hydrogens (tertiary/aromatic N) is 2. The molecule has 2 unspecified atom stereocenters. The van der Waals surface area contributed by atoms with Crippen molar-refractivity contribution in [2.75, 3.05) is 0 Å². The van der Waals surface area contributed by atoms with Gasteiger partial charge in [-0.1, -0.05) is 59.3 Å². The first-order valence-corrected chi connectivity index (χ1v) is 12.2. The summed E-state index contributed by atoms with van der Waals surface area (Å²) < 4.78 is 0. The van der Waals surface area contributed by atoms with Crippen molar-refractivity contribution in [2.45, 2.75) is 105 Å². The van der Waals surface area contributed by atoms with E-state index in [-0.39, 0.29) is 23.5 Å². The number of rotatable bonds is 6. The van der Waals surface area contributed by atoms with Crippen molar-refractivity contribution >= 4 is 17.9 Å². The second-order valence-electron chi connectivity index (χ2n) is 11.7. The van der Waals surface area contributed by atoms with Crippen LogP contribution in [-0.4, -0.2) is 34.5 Å². The van der Waals surface area contributed by atoms with E-state index in [2.05, 4.69) is 52.5 Å². The lowest BCUT2D eigenvalue weighted by molar-refractivity contribution is -0.133. The Morgan fingerprint density at radius 3 is 2.39 bits per heavy atom. The largest absolute Gasteiger partial charge is 0.309 e. The SMILES string of the molecule is CC1=NC2(CCC(C(C)(C)C)CC2)N(C(CC2=CC=C(C=O)C(C)C2)CC(C)C)C1=O. The van der Waals surface area contributed by atoms with Gasteiger partial charge in [-0.3, -0.25) is 14.6 Å². The lowest BCUT2D eigenvalue weighted by Crippen LogP contribution is -2.55. The topological polar surface area (TPSA) is 49.7 Å². The molecule has 1 spiro atoms. The van der Waals surface area contributed by atoms with Gasteiger partial charge >= 0.3 is 0 Å². The van der Waals surface area contributed by atoms with Crippen LogP contribution in [0, 0.1) is 23.2 Å². The third kappa shape index (κ3) is 5.04. The van der Waals surface area contributed by atoms with Crippen molar-refractivity contribution < 1.29 is 9.59 Å². The molecule has 0 aromatic rings. The zero-order valence-electron chi connectivity index (χ0n) is 20.7. The standard InChI is InChI=1S/C27H42N2O2/c1-18(2)14-24(16-21-8-9-22(17-30)19(3)15-21)29-25(31)20(4)28-27(29)12-10-23(11-13-27)26(5,6)7/h8-9,17-19,23-24H,10-16H2,1-7H3. The number of carbonyl (C=O) groups is 2. The van der Waals surface area contributed by atoms with Gasteiger partial charge in [0, 0.05) is 6.04 Å². The molecule has 0 radical (unpaired) electrons. The number of aliphatic imine (C=N–C) groups is 1. The van der Waals surface area contributed by atoms with Crippen LogP contribution >= 0.6 is 0 Å². The van der Waals surface area contributed by atoms with Crippen LogP contribution < -0.4 is 0 Å². The first-order chi connectivity index (χ1) is 14.5. The predicted octanol–water partition coefficient (Wildman–Crippen LogP) is 6.12. The van der Waals surface area contributed by atoms with E-state index in [1.165, 1.54) is 5.57 Å². The molecule has 1 fully saturated rings. The summed E-state index contributed by atoms with van der Waals surface area (Å²) in [6.07, 6.45) is 12.0. The van der Waals surface area contributed by atoms with E-state index in [4.69, 9.17) is 4.99 Å². The highest BCUT2D eigenvalue weighted by molar-refractivity contribution is 6.39. The summed E-state index contributed by atoms with van der Waals surface area (Å²) >= 11 is 0. The molecule has 1 saturated carbocycles. The van der Waals surface area contributed by atoms with E-state index < -0.39 is 0 Å². The molecule has 172 valence electrons. The molecule has 1 amide bonds. The minimum Gasteiger partial charge on any atom is -0.309 e. The van der Waals surface area contributed by atoms with E-state index in [0.29, 0.717) is 23.0 Å². The average Bonchev–Trinajstić information content (AvgIpc) is 2.90. The van der Waals surface area contributed by atoms with Crippen molar-refractivity contribution in [1.29, 1.82) is 0 Å². The fraction of sp³-hybridized carbons (Fsp3) is 0.741. The number of hydrogen-bond acceptors (Lipinski definition) is 3. The van der Waals surface area contributed by atoms with E-state index in [0.717, 1.165) is 56.8 Å². The Kier molecular flexibility index (Phi) is 6.98. The molecule has 0 N–H and O–H groups in total. The monoisotopic (exact) mass is 426 g/mol. The van der Waals surface area contributed by atoms with Crippen LogP contribution in [0.25, 0.3) is 0 Å². The Balaban J connectivity index is 1.87. The fourth-order valence-electron chi connectivity index (χ4n) is 5.97. The van der Waals surface area contributed by atoms with Crippen LogP contribution in [0.4, 0.5) is 0 Å². The van der Waals surface area contributed by atoms with E-state index in [9.17, 15) is 9.59 Å². The second-order valence-corrected chi connectivity index (χ2v) is 11.7. The average molecular weight is 427 g/mol. The van der Waals surface area contributed by atoms with Gasteiger partial charge in [0.2, 0.25) is 0 Å². The quantitative estimate of drug-likeness (QED) is 0.481. The van der Waals surface area contributed by atoms with E-state index in [1.807, 2.05) is 13.0 Å². The normalized spacial score (nSPS) is 30.4. The van der Waals surface area contributed by atoms with Crippen LogP contribution in [0.15, 0.2) is 28.3 Å². The van der Waals surface area contributed by atoms with Gasteiger partial charge in [0.05, 0.1) is 5.71 Å². The van der Waals surface area contributed by atoms with Gasteiger partial charge < -0.3 is 4.90 Å². The van der Waals surface area contributed by atoms with Crippen LogP contribution in [0.2, 0.25) is 0 Å². The molecule has 3 rings (SSSR count). The van der Waals surface area contributed by atoms with Crippen LogP contribution in [0.1, 0.15) is 93.4 Å². The van der Waals surface area contributed by atoms with Gasteiger partial charge in [0.1, 0.15) is 11.9 Å². The van der Waals surface area contributed by atoms with Crippen molar-refractivity contribution in [1.82, 2.24) is 4.90 Å². The summed E-state index contributed by atoms with van der Waals surface area (Å²) in [5, 5.41) is 0. The third-order valence-electron chi connectivity index (χ3n) is 7.76. The highest BCUT2D eigenvalue weighted by Gasteiger charge is 2.51. The molecule has 2 aliphatic carbocycles. The van der Waals surface area contributed by atoms with Crippen molar-refractivity contribution in [3.8, 4) is 0 Å². The van der Waals surface area contributed by atoms with Gasteiger partial charge in [-0.25, -0.2) is 0 Å². The predicted molar refractivity (Wildman–Crippen MR) is 128 cm³/mol. The third-order valence-corrected chi connectivity index (χ3v) is 7.76. The Hall–Kier alpha value is -1.71. The lowest BCUT2D eigenvalue weighted by atomic mass is 9.69. The smallest absolute Gasteiger partial charge is 0.269 e. The van der Waals surface area contributed by atoms with Gasteiger partial charge in [-0.2, -0.15) is 0 Å². The fourth-order valence-corrected chi connectivity index (χ4v) is 5.97. The first-order valence-electron chi connectivity index (χ1n) is 12.2. The van der Waals surface area contributed by atoms with Crippen LogP contribution in [0.3, 0.4) is 0 Å². The van der Waals surface area contributed by atoms with Gasteiger partial charge in [-0.15, -0.1) is 0 Å². The van der Waals surface area contributed by atoms with Crippen molar-refractivity contribution in [3.63, 3.8) is 0 Å². The molecule has 31 heavy (non-hydrogen) atoms. The Bertz CT molecular complexity index is 789. The van der Waals surface area contributed by atoms with Gasteiger partial charge in [0.25, 0.3) is 5.91 Å². The summed E-state index contributed by atoms with van der Waals surface area (Å²) in [6, 6.07) is 0.157. The van der Waals surface area contributed by atoms with Crippen LogP contribution in [-0.2, 0) is 9.59 Å². The highest BCUT2D eigenvalue weighted by atomic mass is 16.2. The summed E-state index contributed by atoms with van der Waals surface area (Å²) in [5.41, 5.74) is 2.85.